The molecule has 6 nitrogen and oxygen atoms in total. The summed E-state index contributed by atoms with van der Waals surface area (Å²) in [5, 5.41) is 3.72. The number of carbonyl (C=O) groups excluding carboxylic acids is 2. The van der Waals surface area contributed by atoms with E-state index in [1.807, 2.05) is 36.4 Å². The van der Waals surface area contributed by atoms with Crippen molar-refractivity contribution in [2.75, 3.05) is 17.7 Å². The molecule has 1 fully saturated rings. The molecule has 6 heteroatoms. The van der Waals surface area contributed by atoms with E-state index in [2.05, 4.69) is 10.3 Å². The molecule has 0 spiro atoms. The number of rotatable bonds is 4. The fraction of sp³-hybridized carbons (Fsp3) is 0.200. The number of amides is 2. The van der Waals surface area contributed by atoms with Gasteiger partial charge in [-0.2, -0.15) is 0 Å². The Balaban J connectivity index is 1.65. The fourth-order valence-electron chi connectivity index (χ4n) is 3.04. The second kappa shape index (κ2) is 6.22. The van der Waals surface area contributed by atoms with Crippen LogP contribution in [0, 0.1) is 0 Å². The molecule has 26 heavy (non-hydrogen) atoms. The summed E-state index contributed by atoms with van der Waals surface area (Å²) < 4.78 is 0. The second-order valence-corrected chi connectivity index (χ2v) is 6.62. The van der Waals surface area contributed by atoms with E-state index in [0.717, 1.165) is 29.4 Å². The fourth-order valence-corrected chi connectivity index (χ4v) is 3.04. The molecular weight excluding hydrogens is 328 g/mol. The first-order valence-electron chi connectivity index (χ1n) is 8.60. The Bertz CT molecular complexity index is 990. The lowest BCUT2D eigenvalue weighted by molar-refractivity contribution is 0.0952. The van der Waals surface area contributed by atoms with Gasteiger partial charge in [0.2, 0.25) is 0 Å². The van der Waals surface area contributed by atoms with E-state index in [-0.39, 0.29) is 17.9 Å². The first kappa shape index (κ1) is 16.2. The van der Waals surface area contributed by atoms with Gasteiger partial charge in [-0.05, 0) is 43.2 Å². The molecule has 0 radical (unpaired) electrons. The molecule has 2 amide bonds. The molecule has 0 bridgehead atoms. The molecule has 2 aromatic carbocycles. The number of nitrogens with zero attached hydrogens (tertiary/aromatic N) is 1. The highest BCUT2D eigenvalue weighted by Gasteiger charge is 2.26. The van der Waals surface area contributed by atoms with E-state index < -0.39 is 0 Å². The molecule has 3 aromatic rings. The van der Waals surface area contributed by atoms with Crippen LogP contribution < -0.4 is 16.0 Å². The first-order chi connectivity index (χ1) is 12.5. The van der Waals surface area contributed by atoms with Gasteiger partial charge in [-0.15, -0.1) is 0 Å². The minimum atomic E-state index is -0.155. The molecule has 132 valence electrons. The maximum Gasteiger partial charge on any atom is 0.258 e. The Morgan fingerprint density at radius 2 is 1.88 bits per heavy atom. The lowest BCUT2D eigenvalue weighted by atomic mass is 10.1. The predicted octanol–water partition coefficient (Wildman–Crippen LogP) is 2.92. The van der Waals surface area contributed by atoms with Crippen molar-refractivity contribution in [1.29, 1.82) is 0 Å². The van der Waals surface area contributed by atoms with Crippen LogP contribution in [-0.4, -0.2) is 29.9 Å². The largest absolute Gasteiger partial charge is 0.385 e. The quantitative estimate of drug-likeness (QED) is 0.677. The number of nitrogen functional groups attached to an aromatic ring is 1. The minimum Gasteiger partial charge on any atom is -0.385 e. The van der Waals surface area contributed by atoms with Crippen molar-refractivity contribution in [2.45, 2.75) is 18.9 Å². The van der Waals surface area contributed by atoms with E-state index in [0.29, 0.717) is 16.9 Å². The van der Waals surface area contributed by atoms with Crippen molar-refractivity contribution >= 4 is 34.2 Å². The number of H-pyrrole nitrogens is 1. The third kappa shape index (κ3) is 2.90. The summed E-state index contributed by atoms with van der Waals surface area (Å²) in [5.74, 6) is 0.0845. The van der Waals surface area contributed by atoms with E-state index >= 15 is 0 Å². The summed E-state index contributed by atoms with van der Waals surface area (Å²) in [6.45, 7) is 0. The van der Waals surface area contributed by atoms with Gasteiger partial charge in [-0.1, -0.05) is 18.2 Å². The molecule has 0 atom stereocenters. The molecule has 1 saturated carbocycles. The zero-order chi connectivity index (χ0) is 18.3. The Labute approximate surface area is 151 Å². The molecule has 1 heterocycles. The van der Waals surface area contributed by atoms with Crippen LogP contribution >= 0.6 is 0 Å². The highest BCUT2D eigenvalue weighted by Crippen LogP contribution is 2.29. The van der Waals surface area contributed by atoms with Crippen LogP contribution in [0.3, 0.4) is 0 Å². The Morgan fingerprint density at radius 1 is 1.15 bits per heavy atom. The number of anilines is 2. The summed E-state index contributed by atoms with van der Waals surface area (Å²) >= 11 is 0. The lowest BCUT2D eigenvalue weighted by Gasteiger charge is -2.17. The van der Waals surface area contributed by atoms with Crippen LogP contribution in [-0.2, 0) is 0 Å². The van der Waals surface area contributed by atoms with Crippen molar-refractivity contribution in [2.24, 2.45) is 0 Å². The lowest BCUT2D eigenvalue weighted by Crippen LogP contribution is -2.26. The average Bonchev–Trinajstić information content (AvgIpc) is 3.40. The molecule has 0 unspecified atom stereocenters. The maximum atomic E-state index is 12.6. The zero-order valence-electron chi connectivity index (χ0n) is 14.5. The zero-order valence-corrected chi connectivity index (χ0v) is 14.5. The molecule has 0 saturated heterocycles. The number of nitrogens with two attached hydrogens (primary N) is 1. The highest BCUT2D eigenvalue weighted by atomic mass is 16.2. The van der Waals surface area contributed by atoms with Gasteiger partial charge in [0.05, 0.1) is 5.56 Å². The third-order valence-corrected chi connectivity index (χ3v) is 4.66. The van der Waals surface area contributed by atoms with Gasteiger partial charge < -0.3 is 20.9 Å². The number of hydrogen-bond acceptors (Lipinski definition) is 3. The number of benzene rings is 2. The standard InChI is InChI=1S/C20H20N4O2/c1-24(20(26)12-5-3-2-4-6-12)14-9-10-15-16(11-14)23-18(21)17(15)19(25)22-13-7-8-13/h2-6,9-11,13,23H,7-8,21H2,1H3,(H,22,25). The topological polar surface area (TPSA) is 91.2 Å². The van der Waals surface area contributed by atoms with Crippen molar-refractivity contribution in [3.8, 4) is 0 Å². The molecule has 0 aliphatic heterocycles. The number of hydrogen-bond donors (Lipinski definition) is 3. The molecule has 1 aromatic heterocycles. The summed E-state index contributed by atoms with van der Waals surface area (Å²) in [6.07, 6.45) is 2.04. The first-order valence-corrected chi connectivity index (χ1v) is 8.60. The molecule has 1 aliphatic rings. The summed E-state index contributed by atoms with van der Waals surface area (Å²) in [5.41, 5.74) is 8.57. The maximum absolute atomic E-state index is 12.6. The van der Waals surface area contributed by atoms with Gasteiger partial charge in [0.1, 0.15) is 5.82 Å². The van der Waals surface area contributed by atoms with Gasteiger partial charge >= 0.3 is 0 Å². The van der Waals surface area contributed by atoms with E-state index in [1.54, 1.807) is 24.1 Å². The number of aromatic nitrogens is 1. The third-order valence-electron chi connectivity index (χ3n) is 4.66. The summed E-state index contributed by atoms with van der Waals surface area (Å²) in [4.78, 5) is 29.7. The van der Waals surface area contributed by atoms with E-state index in [9.17, 15) is 9.59 Å². The Morgan fingerprint density at radius 3 is 2.58 bits per heavy atom. The van der Waals surface area contributed by atoms with Crippen LogP contribution in [0.4, 0.5) is 11.5 Å². The monoisotopic (exact) mass is 348 g/mol. The van der Waals surface area contributed by atoms with Gasteiger partial charge in [0.25, 0.3) is 11.8 Å². The number of aromatic amines is 1. The van der Waals surface area contributed by atoms with Crippen LogP contribution in [0.15, 0.2) is 48.5 Å². The van der Waals surface area contributed by atoms with E-state index in [1.165, 1.54) is 0 Å². The second-order valence-electron chi connectivity index (χ2n) is 6.62. The van der Waals surface area contributed by atoms with Crippen molar-refractivity contribution < 1.29 is 9.59 Å². The van der Waals surface area contributed by atoms with Crippen LogP contribution in [0.5, 0.6) is 0 Å². The highest BCUT2D eigenvalue weighted by molar-refractivity contribution is 6.13. The predicted molar refractivity (Wildman–Crippen MR) is 102 cm³/mol. The summed E-state index contributed by atoms with van der Waals surface area (Å²) in [7, 11) is 1.73. The average molecular weight is 348 g/mol. The van der Waals surface area contributed by atoms with Crippen molar-refractivity contribution in [3.63, 3.8) is 0 Å². The minimum absolute atomic E-state index is 0.101. The molecular formula is C20H20N4O2. The van der Waals surface area contributed by atoms with Gasteiger partial charge in [-0.3, -0.25) is 9.59 Å². The number of nitrogens with one attached hydrogen (secondary N) is 2. The van der Waals surface area contributed by atoms with Crippen LogP contribution in [0.1, 0.15) is 33.6 Å². The normalized spacial score (nSPS) is 13.6. The number of fused-ring (bicyclic) bond motifs is 1. The van der Waals surface area contributed by atoms with Crippen molar-refractivity contribution in [3.05, 3.63) is 59.7 Å². The summed E-state index contributed by atoms with van der Waals surface area (Å²) in [6, 6.07) is 14.9. The van der Waals surface area contributed by atoms with Gasteiger partial charge in [0.15, 0.2) is 0 Å². The van der Waals surface area contributed by atoms with Crippen LogP contribution in [0.25, 0.3) is 10.9 Å². The molecule has 4 N–H and O–H groups in total. The van der Waals surface area contributed by atoms with Gasteiger partial charge in [0, 0.05) is 35.2 Å². The molecule has 4 rings (SSSR count). The Kier molecular flexibility index (Phi) is 3.88. The molecule has 1 aliphatic carbocycles. The van der Waals surface area contributed by atoms with E-state index in [4.69, 9.17) is 5.73 Å². The van der Waals surface area contributed by atoms with Gasteiger partial charge in [-0.25, -0.2) is 0 Å². The SMILES string of the molecule is CN(C(=O)c1ccccc1)c1ccc2c(C(=O)NC3CC3)c(N)[nH]c2c1. The van der Waals surface area contributed by atoms with Crippen LogP contribution in [0.2, 0.25) is 0 Å². The Hall–Kier alpha value is -3.28. The van der Waals surface area contributed by atoms with Crippen molar-refractivity contribution in [1.82, 2.24) is 10.3 Å². The number of carbonyl (C=O) groups is 2. The smallest absolute Gasteiger partial charge is 0.258 e.